The molecule has 0 bridgehead atoms. The molecule has 2 aliphatic rings. The van der Waals surface area contributed by atoms with Crippen molar-refractivity contribution in [3.05, 3.63) is 65.7 Å². The topological polar surface area (TPSA) is 76.2 Å². The molecule has 1 aliphatic heterocycles. The fraction of sp³-hybridized carbons (Fsp3) is 0.464. The predicted octanol–water partition coefficient (Wildman–Crippen LogP) is 3.67. The number of hydrogen-bond donors (Lipinski definition) is 0. The summed E-state index contributed by atoms with van der Waals surface area (Å²) in [5.41, 5.74) is 1.35. The van der Waals surface area contributed by atoms with Crippen molar-refractivity contribution in [3.8, 4) is 5.75 Å². The SMILES string of the molecule is CC(=O)Oc1cccc(C23CCN(C)CC2C(OC(C)=O)CC(N(C)C(=O)c2ccccc2)C3)c1. The summed E-state index contributed by atoms with van der Waals surface area (Å²) in [6.45, 7) is 4.49. The van der Waals surface area contributed by atoms with Crippen molar-refractivity contribution < 1.29 is 23.9 Å². The highest BCUT2D eigenvalue weighted by Gasteiger charge is 2.54. The third kappa shape index (κ3) is 5.25. The van der Waals surface area contributed by atoms with E-state index in [1.807, 2.05) is 49.5 Å². The van der Waals surface area contributed by atoms with Gasteiger partial charge in [-0.15, -0.1) is 0 Å². The first-order chi connectivity index (χ1) is 16.7. The first kappa shape index (κ1) is 24.9. The lowest BCUT2D eigenvalue weighted by molar-refractivity contribution is -0.158. The van der Waals surface area contributed by atoms with Crippen molar-refractivity contribution >= 4 is 17.8 Å². The molecule has 0 N–H and O–H groups in total. The van der Waals surface area contributed by atoms with Crippen LogP contribution >= 0.6 is 0 Å². The van der Waals surface area contributed by atoms with Crippen molar-refractivity contribution in [1.82, 2.24) is 9.80 Å². The van der Waals surface area contributed by atoms with Crippen LogP contribution in [-0.4, -0.2) is 67.0 Å². The molecule has 7 heteroatoms. The molecule has 2 aromatic rings. The number of likely N-dealkylation sites (tertiary alicyclic amines) is 1. The number of piperidine rings is 1. The molecule has 186 valence electrons. The Balaban J connectivity index is 1.75. The molecule has 7 nitrogen and oxygen atoms in total. The summed E-state index contributed by atoms with van der Waals surface area (Å²) in [5, 5.41) is 0. The zero-order chi connectivity index (χ0) is 25.2. The van der Waals surface area contributed by atoms with Crippen LogP contribution in [0.4, 0.5) is 0 Å². The molecule has 4 atom stereocenters. The summed E-state index contributed by atoms with van der Waals surface area (Å²) in [6, 6.07) is 16.8. The smallest absolute Gasteiger partial charge is 0.308 e. The number of hydrogen-bond acceptors (Lipinski definition) is 6. The van der Waals surface area contributed by atoms with Crippen LogP contribution in [0.15, 0.2) is 54.6 Å². The molecular formula is C28H34N2O5. The second-order valence-electron chi connectivity index (χ2n) is 9.92. The lowest BCUT2D eigenvalue weighted by Gasteiger charge is -2.56. The van der Waals surface area contributed by atoms with Crippen LogP contribution in [0, 0.1) is 5.92 Å². The minimum Gasteiger partial charge on any atom is -0.462 e. The molecule has 4 unspecified atom stereocenters. The first-order valence-electron chi connectivity index (χ1n) is 12.2. The van der Waals surface area contributed by atoms with E-state index in [0.717, 1.165) is 31.5 Å². The molecule has 2 aromatic carbocycles. The van der Waals surface area contributed by atoms with Crippen molar-refractivity contribution in [3.63, 3.8) is 0 Å². The fourth-order valence-corrected chi connectivity index (χ4v) is 5.94. The highest BCUT2D eigenvalue weighted by Crippen LogP contribution is 2.51. The summed E-state index contributed by atoms with van der Waals surface area (Å²) in [4.78, 5) is 41.2. The van der Waals surface area contributed by atoms with E-state index in [1.165, 1.54) is 13.8 Å². The molecule has 1 saturated heterocycles. The van der Waals surface area contributed by atoms with E-state index in [9.17, 15) is 14.4 Å². The van der Waals surface area contributed by atoms with Gasteiger partial charge < -0.3 is 19.3 Å². The van der Waals surface area contributed by atoms with E-state index in [-0.39, 0.29) is 41.3 Å². The van der Waals surface area contributed by atoms with E-state index >= 15 is 0 Å². The lowest BCUT2D eigenvalue weighted by Crippen LogP contribution is -2.61. The highest BCUT2D eigenvalue weighted by atomic mass is 16.5. The number of fused-ring (bicyclic) bond motifs is 1. The molecule has 0 radical (unpaired) electrons. The van der Waals surface area contributed by atoms with Gasteiger partial charge in [0.15, 0.2) is 0 Å². The molecule has 1 saturated carbocycles. The van der Waals surface area contributed by atoms with Crippen molar-refractivity contribution in [2.75, 3.05) is 27.2 Å². The average molecular weight is 479 g/mol. The molecule has 4 rings (SSSR count). The van der Waals surface area contributed by atoms with Crippen LogP contribution in [0.1, 0.15) is 49.0 Å². The molecule has 0 spiro atoms. The van der Waals surface area contributed by atoms with Gasteiger partial charge in [0.2, 0.25) is 0 Å². The Kier molecular flexibility index (Phi) is 7.26. The van der Waals surface area contributed by atoms with Gasteiger partial charge in [-0.1, -0.05) is 30.3 Å². The summed E-state index contributed by atoms with van der Waals surface area (Å²) in [7, 11) is 3.92. The Labute approximate surface area is 207 Å². The van der Waals surface area contributed by atoms with E-state index in [4.69, 9.17) is 9.47 Å². The van der Waals surface area contributed by atoms with Gasteiger partial charge >= 0.3 is 11.9 Å². The maximum absolute atomic E-state index is 13.4. The number of nitrogens with zero attached hydrogens (tertiary/aromatic N) is 2. The lowest BCUT2D eigenvalue weighted by atomic mass is 9.56. The second kappa shape index (κ2) is 10.2. The Morgan fingerprint density at radius 2 is 1.77 bits per heavy atom. The summed E-state index contributed by atoms with van der Waals surface area (Å²) < 4.78 is 11.3. The fourth-order valence-electron chi connectivity index (χ4n) is 5.94. The largest absolute Gasteiger partial charge is 0.462 e. The van der Waals surface area contributed by atoms with Gasteiger partial charge in [0.25, 0.3) is 5.91 Å². The zero-order valence-electron chi connectivity index (χ0n) is 20.9. The van der Waals surface area contributed by atoms with Gasteiger partial charge in [-0.2, -0.15) is 0 Å². The van der Waals surface area contributed by atoms with Crippen molar-refractivity contribution in [2.45, 2.75) is 50.7 Å². The van der Waals surface area contributed by atoms with Crippen LogP contribution in [-0.2, 0) is 19.7 Å². The number of ether oxygens (including phenoxy) is 2. The third-order valence-corrected chi connectivity index (χ3v) is 7.59. The quantitative estimate of drug-likeness (QED) is 0.482. The Morgan fingerprint density at radius 3 is 2.46 bits per heavy atom. The van der Waals surface area contributed by atoms with Gasteiger partial charge in [0.1, 0.15) is 11.9 Å². The van der Waals surface area contributed by atoms with E-state index < -0.39 is 0 Å². The number of amides is 1. The van der Waals surface area contributed by atoms with Crippen LogP contribution in [0.3, 0.4) is 0 Å². The zero-order valence-corrected chi connectivity index (χ0v) is 20.9. The minimum atomic E-state index is -0.368. The van der Waals surface area contributed by atoms with Crippen molar-refractivity contribution in [2.24, 2.45) is 5.92 Å². The summed E-state index contributed by atoms with van der Waals surface area (Å²) in [5.74, 6) is -0.181. The normalized spacial score (nSPS) is 26.3. The van der Waals surface area contributed by atoms with Gasteiger partial charge in [-0.05, 0) is 56.3 Å². The van der Waals surface area contributed by atoms with E-state index in [1.54, 1.807) is 11.0 Å². The van der Waals surface area contributed by atoms with Gasteiger partial charge in [0.05, 0.1) is 0 Å². The van der Waals surface area contributed by atoms with E-state index in [0.29, 0.717) is 17.7 Å². The van der Waals surface area contributed by atoms with Crippen LogP contribution < -0.4 is 4.74 Å². The van der Waals surface area contributed by atoms with Crippen LogP contribution in [0.5, 0.6) is 5.75 Å². The molecule has 1 heterocycles. The van der Waals surface area contributed by atoms with Crippen molar-refractivity contribution in [1.29, 1.82) is 0 Å². The molecule has 1 amide bonds. The number of benzene rings is 2. The highest BCUT2D eigenvalue weighted by molar-refractivity contribution is 5.94. The van der Waals surface area contributed by atoms with Crippen LogP contribution in [0.2, 0.25) is 0 Å². The maximum Gasteiger partial charge on any atom is 0.308 e. The van der Waals surface area contributed by atoms with Gasteiger partial charge in [-0.3, -0.25) is 14.4 Å². The van der Waals surface area contributed by atoms with Gasteiger partial charge in [-0.25, -0.2) is 0 Å². The molecule has 35 heavy (non-hydrogen) atoms. The van der Waals surface area contributed by atoms with E-state index in [2.05, 4.69) is 18.0 Å². The first-order valence-corrected chi connectivity index (χ1v) is 12.2. The maximum atomic E-state index is 13.4. The predicted molar refractivity (Wildman–Crippen MR) is 132 cm³/mol. The number of carbonyl (C=O) groups excluding carboxylic acids is 3. The number of carbonyl (C=O) groups is 3. The Hall–Kier alpha value is -3.19. The number of rotatable bonds is 5. The monoisotopic (exact) mass is 478 g/mol. The van der Waals surface area contributed by atoms with Crippen LogP contribution in [0.25, 0.3) is 0 Å². The summed E-state index contributed by atoms with van der Waals surface area (Å²) in [6.07, 6.45) is 1.83. The third-order valence-electron chi connectivity index (χ3n) is 7.59. The standard InChI is InChI=1S/C28H34N2O5/c1-19(31)34-24-12-8-11-22(15-24)28-13-14-29(3)18-25(28)26(35-20(2)32)16-23(17-28)30(4)27(33)21-9-6-5-7-10-21/h5-12,15,23,25-26H,13-14,16-18H2,1-4H3. The number of esters is 2. The Bertz CT molecular complexity index is 1090. The average Bonchev–Trinajstić information content (AvgIpc) is 2.83. The summed E-state index contributed by atoms with van der Waals surface area (Å²) >= 11 is 0. The molecule has 1 aliphatic carbocycles. The van der Waals surface area contributed by atoms with Gasteiger partial charge in [0, 0.05) is 56.8 Å². The molecular weight excluding hydrogens is 444 g/mol. The molecule has 2 fully saturated rings. The Morgan fingerprint density at radius 1 is 1.03 bits per heavy atom. The molecule has 0 aromatic heterocycles. The minimum absolute atomic E-state index is 0.0487. The second-order valence-corrected chi connectivity index (χ2v) is 9.92.